The molecule has 1 N–H and O–H groups in total. The lowest BCUT2D eigenvalue weighted by molar-refractivity contribution is 0.289. The monoisotopic (exact) mass is 413 g/mol. The Hall–Kier alpha value is -2.83. The van der Waals surface area contributed by atoms with Crippen LogP contribution in [0.4, 0.5) is 5.69 Å². The van der Waals surface area contributed by atoms with Crippen molar-refractivity contribution in [1.82, 2.24) is 9.78 Å². The zero-order valence-electron chi connectivity index (χ0n) is 16.3. The van der Waals surface area contributed by atoms with Gasteiger partial charge in [-0.1, -0.05) is 54.1 Å². The first-order chi connectivity index (χ1) is 14.1. The van der Waals surface area contributed by atoms with Crippen LogP contribution in [0.1, 0.15) is 17.5 Å². The van der Waals surface area contributed by atoms with Gasteiger partial charge in [0.1, 0.15) is 11.4 Å². The van der Waals surface area contributed by atoms with Gasteiger partial charge in [0.05, 0.1) is 24.9 Å². The van der Waals surface area contributed by atoms with Crippen molar-refractivity contribution in [2.45, 2.75) is 19.5 Å². The normalized spacial score (nSPS) is 10.7. The summed E-state index contributed by atoms with van der Waals surface area (Å²) in [5.41, 5.74) is 2.12. The van der Waals surface area contributed by atoms with Crippen molar-refractivity contribution >= 4 is 17.3 Å². The molecule has 0 spiro atoms. The van der Waals surface area contributed by atoms with E-state index in [0.717, 1.165) is 16.9 Å². The van der Waals surface area contributed by atoms with E-state index in [4.69, 9.17) is 16.3 Å². The Labute approximate surface area is 174 Å². The van der Waals surface area contributed by atoms with Gasteiger partial charge in [-0.2, -0.15) is 5.10 Å². The summed E-state index contributed by atoms with van der Waals surface area (Å²) in [5.74, 6) is 0.754. The smallest absolute Gasteiger partial charge is 0.292 e. The average molecular weight is 414 g/mol. The fourth-order valence-corrected chi connectivity index (χ4v) is 3.34. The highest BCUT2D eigenvalue weighted by Gasteiger charge is 2.18. The molecule has 0 unspecified atom stereocenters. The summed E-state index contributed by atoms with van der Waals surface area (Å²) in [4.78, 5) is 15.1. The number of methoxy groups -OCH3 is 1. The van der Waals surface area contributed by atoms with Gasteiger partial charge in [0.25, 0.3) is 5.56 Å². The van der Waals surface area contributed by atoms with Crippen molar-refractivity contribution in [2.24, 2.45) is 0 Å². The predicted octanol–water partition coefficient (Wildman–Crippen LogP) is 3.34. The van der Waals surface area contributed by atoms with Crippen molar-refractivity contribution < 1.29 is 9.84 Å². The molecule has 0 aliphatic carbocycles. The molecule has 6 nitrogen and oxygen atoms in total. The van der Waals surface area contributed by atoms with E-state index in [1.54, 1.807) is 7.11 Å². The van der Waals surface area contributed by atoms with Gasteiger partial charge in [-0.15, -0.1) is 0 Å². The second kappa shape index (κ2) is 10.1. The minimum Gasteiger partial charge on any atom is -0.497 e. The summed E-state index contributed by atoms with van der Waals surface area (Å²) in [6.45, 7) is 1.38. The maximum Gasteiger partial charge on any atom is 0.292 e. The molecule has 29 heavy (non-hydrogen) atoms. The standard InChI is InChI=1S/C22H24ClN3O3/c1-29-19-10-8-18(9-11-19)16-26-22(28)21(20(23)14-24-26)25(12-5-13-27)15-17-6-3-2-4-7-17/h2-4,6-11,14,27H,5,12-13,15-16H2,1H3. The molecule has 0 aliphatic rings. The van der Waals surface area contributed by atoms with Gasteiger partial charge in [-0.25, -0.2) is 4.68 Å². The maximum absolute atomic E-state index is 13.2. The Morgan fingerprint density at radius 1 is 1.10 bits per heavy atom. The second-order valence-electron chi connectivity index (χ2n) is 6.64. The fourth-order valence-electron chi connectivity index (χ4n) is 3.10. The minimum atomic E-state index is -0.262. The van der Waals surface area contributed by atoms with E-state index in [2.05, 4.69) is 5.10 Å². The van der Waals surface area contributed by atoms with E-state index >= 15 is 0 Å². The molecule has 0 atom stereocenters. The molecular weight excluding hydrogens is 390 g/mol. The van der Waals surface area contributed by atoms with Gasteiger partial charge < -0.3 is 14.7 Å². The lowest BCUT2D eigenvalue weighted by Crippen LogP contribution is -2.34. The second-order valence-corrected chi connectivity index (χ2v) is 7.04. The van der Waals surface area contributed by atoms with Gasteiger partial charge in [0, 0.05) is 19.7 Å². The van der Waals surface area contributed by atoms with E-state index < -0.39 is 0 Å². The van der Waals surface area contributed by atoms with Crippen LogP contribution < -0.4 is 15.2 Å². The summed E-state index contributed by atoms with van der Waals surface area (Å²) in [7, 11) is 1.61. The van der Waals surface area contributed by atoms with E-state index in [0.29, 0.717) is 36.8 Å². The maximum atomic E-state index is 13.2. The summed E-state index contributed by atoms with van der Waals surface area (Å²) < 4.78 is 6.58. The third-order valence-electron chi connectivity index (χ3n) is 4.58. The molecule has 0 aliphatic heterocycles. The molecule has 0 amide bonds. The van der Waals surface area contributed by atoms with Gasteiger partial charge in [0.15, 0.2) is 0 Å². The molecule has 0 fully saturated rings. The van der Waals surface area contributed by atoms with Crippen LogP contribution in [0.25, 0.3) is 0 Å². The Morgan fingerprint density at radius 3 is 2.48 bits per heavy atom. The minimum absolute atomic E-state index is 0.0357. The number of halogens is 1. The summed E-state index contributed by atoms with van der Waals surface area (Å²) in [6, 6.07) is 17.3. The molecule has 1 heterocycles. The molecule has 152 valence electrons. The van der Waals surface area contributed by atoms with E-state index in [9.17, 15) is 9.90 Å². The number of anilines is 1. The fraction of sp³-hybridized carbons (Fsp3) is 0.273. The number of aromatic nitrogens is 2. The van der Waals surface area contributed by atoms with Crippen molar-refractivity contribution in [3.05, 3.63) is 87.3 Å². The highest BCUT2D eigenvalue weighted by molar-refractivity contribution is 6.33. The molecule has 0 saturated heterocycles. The van der Waals surface area contributed by atoms with Gasteiger partial charge >= 0.3 is 0 Å². The first-order valence-corrected chi connectivity index (χ1v) is 9.78. The Balaban J connectivity index is 1.92. The number of ether oxygens (including phenoxy) is 1. The molecule has 0 saturated carbocycles. The summed E-state index contributed by atoms with van der Waals surface area (Å²) in [5, 5.41) is 13.8. The van der Waals surface area contributed by atoms with Crippen LogP contribution in [0.15, 0.2) is 65.6 Å². The number of benzene rings is 2. The zero-order chi connectivity index (χ0) is 20.6. The van der Waals surface area contributed by atoms with Crippen LogP contribution in [0, 0.1) is 0 Å². The molecule has 3 aromatic rings. The van der Waals surface area contributed by atoms with Gasteiger partial charge in [-0.3, -0.25) is 4.79 Å². The predicted molar refractivity (Wildman–Crippen MR) is 115 cm³/mol. The largest absolute Gasteiger partial charge is 0.497 e. The van der Waals surface area contributed by atoms with Crippen LogP contribution in [0.3, 0.4) is 0 Å². The number of aliphatic hydroxyl groups excluding tert-OH is 1. The molecular formula is C22H24ClN3O3. The molecule has 0 bridgehead atoms. The SMILES string of the molecule is COc1ccc(Cn2ncc(Cl)c(N(CCCO)Cc3ccccc3)c2=O)cc1. The van der Waals surface area contributed by atoms with E-state index in [-0.39, 0.29) is 12.2 Å². The zero-order valence-corrected chi connectivity index (χ0v) is 17.0. The van der Waals surface area contributed by atoms with Crippen LogP contribution in [0.5, 0.6) is 5.75 Å². The number of rotatable bonds is 9. The van der Waals surface area contributed by atoms with Crippen LogP contribution in [-0.2, 0) is 13.1 Å². The first kappa shape index (κ1) is 20.9. The molecule has 2 aromatic carbocycles. The average Bonchev–Trinajstić information content (AvgIpc) is 2.75. The molecule has 7 heteroatoms. The third-order valence-corrected chi connectivity index (χ3v) is 4.86. The van der Waals surface area contributed by atoms with E-state index in [1.165, 1.54) is 10.9 Å². The Kier molecular flexibility index (Phi) is 7.27. The number of hydrogen-bond donors (Lipinski definition) is 1. The summed E-state index contributed by atoms with van der Waals surface area (Å²) >= 11 is 6.39. The highest BCUT2D eigenvalue weighted by atomic mass is 35.5. The lowest BCUT2D eigenvalue weighted by Gasteiger charge is -2.25. The quantitative estimate of drug-likeness (QED) is 0.582. The number of nitrogens with zero attached hydrogens (tertiary/aromatic N) is 3. The van der Waals surface area contributed by atoms with Crippen molar-refractivity contribution in [2.75, 3.05) is 25.2 Å². The van der Waals surface area contributed by atoms with Crippen LogP contribution in [-0.4, -0.2) is 35.1 Å². The first-order valence-electron chi connectivity index (χ1n) is 9.40. The topological polar surface area (TPSA) is 67.6 Å². The van der Waals surface area contributed by atoms with E-state index in [1.807, 2.05) is 59.5 Å². The third kappa shape index (κ3) is 5.37. The van der Waals surface area contributed by atoms with Gasteiger partial charge in [0.2, 0.25) is 0 Å². The molecule has 1 aromatic heterocycles. The van der Waals surface area contributed by atoms with Gasteiger partial charge in [-0.05, 0) is 29.7 Å². The van der Waals surface area contributed by atoms with Crippen molar-refractivity contribution in [3.63, 3.8) is 0 Å². The Bertz CT molecular complexity index is 975. The Morgan fingerprint density at radius 2 is 1.83 bits per heavy atom. The molecule has 0 radical (unpaired) electrons. The summed E-state index contributed by atoms with van der Waals surface area (Å²) in [6.07, 6.45) is 2.03. The van der Waals surface area contributed by atoms with Crippen LogP contribution in [0.2, 0.25) is 5.02 Å². The molecule has 3 rings (SSSR count). The number of aliphatic hydroxyl groups is 1. The highest BCUT2D eigenvalue weighted by Crippen LogP contribution is 2.23. The lowest BCUT2D eigenvalue weighted by atomic mass is 10.2. The van der Waals surface area contributed by atoms with Crippen molar-refractivity contribution in [3.8, 4) is 5.75 Å². The van der Waals surface area contributed by atoms with Crippen molar-refractivity contribution in [1.29, 1.82) is 0 Å². The van der Waals surface area contributed by atoms with Crippen LogP contribution >= 0.6 is 11.6 Å². The number of hydrogen-bond acceptors (Lipinski definition) is 5.